The van der Waals surface area contributed by atoms with Crippen molar-refractivity contribution in [2.45, 2.75) is 39.2 Å². The topological polar surface area (TPSA) is 25.2 Å². The van der Waals surface area contributed by atoms with E-state index in [4.69, 9.17) is 0 Å². The number of aliphatic hydroxyl groups is 1. The van der Waals surface area contributed by atoms with E-state index >= 15 is 0 Å². The van der Waals surface area contributed by atoms with Gasteiger partial charge in [-0.3, -0.25) is 0 Å². The molecule has 1 N–H and O–H groups in total. The first-order valence-electron chi connectivity index (χ1n) is 6.73. The molecule has 3 rings (SSSR count). The van der Waals surface area contributed by atoms with Gasteiger partial charge in [0, 0.05) is 27.1 Å². The van der Waals surface area contributed by atoms with Crippen LogP contribution < -0.4 is 0 Å². The van der Waals surface area contributed by atoms with E-state index in [1.807, 2.05) is 0 Å². The lowest BCUT2D eigenvalue weighted by atomic mass is 9.95. The Kier molecular flexibility index (Phi) is 3.27. The number of aliphatic hydroxyl groups excluding tert-OH is 1. The van der Waals surface area contributed by atoms with Gasteiger partial charge in [-0.1, -0.05) is 22.0 Å². The average molecular weight is 320 g/mol. The monoisotopic (exact) mass is 319 g/mol. The van der Waals surface area contributed by atoms with Crippen molar-refractivity contribution in [2.24, 2.45) is 0 Å². The zero-order valence-corrected chi connectivity index (χ0v) is 12.9. The van der Waals surface area contributed by atoms with Crippen molar-refractivity contribution in [1.82, 2.24) is 4.57 Å². The highest BCUT2D eigenvalue weighted by Crippen LogP contribution is 2.35. The number of rotatable bonds is 1. The Morgan fingerprint density at radius 2 is 2.05 bits per heavy atom. The molecule has 0 spiro atoms. The number of nitrogens with zero attached hydrogens (tertiary/aromatic N) is 1. The first kappa shape index (κ1) is 12.9. The second-order valence-electron chi connectivity index (χ2n) is 5.36. The Morgan fingerprint density at radius 3 is 2.84 bits per heavy atom. The first-order chi connectivity index (χ1) is 9.08. The van der Waals surface area contributed by atoms with Gasteiger partial charge in [-0.05, 0) is 56.9 Å². The molecule has 2 nitrogen and oxygen atoms in total. The minimum Gasteiger partial charge on any atom is -0.388 e. The number of benzene rings is 1. The summed E-state index contributed by atoms with van der Waals surface area (Å²) in [5.41, 5.74) is 6.06. The fourth-order valence-electron chi connectivity index (χ4n) is 3.04. The molecule has 1 aromatic carbocycles. The molecule has 1 atom stereocenters. The van der Waals surface area contributed by atoms with Crippen LogP contribution >= 0.6 is 15.9 Å². The molecule has 100 valence electrons. The van der Waals surface area contributed by atoms with E-state index in [1.54, 1.807) is 0 Å². The van der Waals surface area contributed by atoms with E-state index in [9.17, 15) is 5.11 Å². The van der Waals surface area contributed by atoms with Crippen molar-refractivity contribution in [2.75, 3.05) is 0 Å². The van der Waals surface area contributed by atoms with E-state index < -0.39 is 0 Å². The highest BCUT2D eigenvalue weighted by atomic mass is 79.9. The van der Waals surface area contributed by atoms with Crippen LogP contribution in [0.25, 0.3) is 5.69 Å². The molecule has 1 aromatic heterocycles. The second-order valence-corrected chi connectivity index (χ2v) is 6.28. The molecule has 1 heterocycles. The molecule has 0 bridgehead atoms. The number of aryl methyl sites for hydroxylation is 2. The lowest BCUT2D eigenvalue weighted by Crippen LogP contribution is -2.12. The summed E-state index contributed by atoms with van der Waals surface area (Å²) in [5.74, 6) is 0. The van der Waals surface area contributed by atoms with Crippen molar-refractivity contribution in [1.29, 1.82) is 0 Å². The standard InChI is InChI=1S/C16H18BrNO/c1-10-6-7-12(17)9-15(10)18-11(2)8-13-14(18)4-3-5-16(13)19/h6-9,16,19H,3-5H2,1-2H3. The molecule has 1 aliphatic rings. The molecular weight excluding hydrogens is 302 g/mol. The Bertz CT molecular complexity index is 630. The van der Waals surface area contributed by atoms with Crippen LogP contribution in [0.15, 0.2) is 28.7 Å². The third kappa shape index (κ3) is 2.15. The summed E-state index contributed by atoms with van der Waals surface area (Å²) in [5, 5.41) is 10.1. The molecule has 1 aliphatic carbocycles. The molecule has 0 saturated heterocycles. The van der Waals surface area contributed by atoms with Crippen molar-refractivity contribution >= 4 is 15.9 Å². The van der Waals surface area contributed by atoms with E-state index in [2.05, 4.69) is 58.6 Å². The van der Waals surface area contributed by atoms with Crippen LogP contribution in [0, 0.1) is 13.8 Å². The fraction of sp³-hybridized carbons (Fsp3) is 0.375. The highest BCUT2D eigenvalue weighted by Gasteiger charge is 2.24. The smallest absolute Gasteiger partial charge is 0.0807 e. The summed E-state index contributed by atoms with van der Waals surface area (Å²) in [6.07, 6.45) is 2.70. The van der Waals surface area contributed by atoms with Gasteiger partial charge in [0.2, 0.25) is 0 Å². The van der Waals surface area contributed by atoms with E-state index in [0.29, 0.717) is 0 Å². The minimum absolute atomic E-state index is 0.295. The lowest BCUT2D eigenvalue weighted by Gasteiger charge is -2.21. The summed E-state index contributed by atoms with van der Waals surface area (Å²) in [4.78, 5) is 0. The molecule has 2 aromatic rings. The first-order valence-corrected chi connectivity index (χ1v) is 7.53. The largest absolute Gasteiger partial charge is 0.388 e. The van der Waals surface area contributed by atoms with Gasteiger partial charge < -0.3 is 9.67 Å². The van der Waals surface area contributed by atoms with Crippen LogP contribution in [-0.4, -0.2) is 9.67 Å². The number of hydrogen-bond donors (Lipinski definition) is 1. The SMILES string of the molecule is Cc1ccc(Br)cc1-n1c(C)cc2c1CCCC2O. The Morgan fingerprint density at radius 1 is 1.26 bits per heavy atom. The van der Waals surface area contributed by atoms with Gasteiger partial charge in [-0.2, -0.15) is 0 Å². The third-order valence-electron chi connectivity index (χ3n) is 3.98. The van der Waals surface area contributed by atoms with E-state index in [1.165, 1.54) is 22.6 Å². The summed E-state index contributed by atoms with van der Waals surface area (Å²) in [6, 6.07) is 8.49. The van der Waals surface area contributed by atoms with Gasteiger partial charge in [0.1, 0.15) is 0 Å². The second kappa shape index (κ2) is 4.80. The zero-order valence-electron chi connectivity index (χ0n) is 11.3. The predicted molar refractivity (Wildman–Crippen MR) is 80.8 cm³/mol. The molecule has 3 heteroatoms. The number of aromatic nitrogens is 1. The van der Waals surface area contributed by atoms with Gasteiger partial charge in [0.15, 0.2) is 0 Å². The fourth-order valence-corrected chi connectivity index (χ4v) is 3.39. The molecule has 0 fully saturated rings. The Labute approximate surface area is 122 Å². The predicted octanol–water partition coefficient (Wildman–Crippen LogP) is 4.23. The maximum Gasteiger partial charge on any atom is 0.0807 e. The van der Waals surface area contributed by atoms with E-state index in [0.717, 1.165) is 29.3 Å². The van der Waals surface area contributed by atoms with Gasteiger partial charge in [0.25, 0.3) is 0 Å². The van der Waals surface area contributed by atoms with Crippen LogP contribution in [0.5, 0.6) is 0 Å². The number of halogens is 1. The van der Waals surface area contributed by atoms with Crippen LogP contribution in [0.1, 0.15) is 41.5 Å². The molecule has 0 saturated carbocycles. The Balaban J connectivity index is 2.23. The molecule has 19 heavy (non-hydrogen) atoms. The van der Waals surface area contributed by atoms with Crippen molar-refractivity contribution < 1.29 is 5.11 Å². The molecular formula is C16H18BrNO. The normalized spacial score (nSPS) is 18.4. The van der Waals surface area contributed by atoms with Crippen LogP contribution in [-0.2, 0) is 6.42 Å². The van der Waals surface area contributed by atoms with Gasteiger partial charge >= 0.3 is 0 Å². The minimum atomic E-state index is -0.295. The Hall–Kier alpha value is -1.06. The maximum absolute atomic E-state index is 10.1. The maximum atomic E-state index is 10.1. The highest BCUT2D eigenvalue weighted by molar-refractivity contribution is 9.10. The van der Waals surface area contributed by atoms with E-state index in [-0.39, 0.29) is 6.10 Å². The zero-order chi connectivity index (χ0) is 13.6. The van der Waals surface area contributed by atoms with Crippen LogP contribution in [0.4, 0.5) is 0 Å². The number of hydrogen-bond acceptors (Lipinski definition) is 1. The van der Waals surface area contributed by atoms with Crippen LogP contribution in [0.2, 0.25) is 0 Å². The third-order valence-corrected chi connectivity index (χ3v) is 4.48. The van der Waals surface area contributed by atoms with Crippen molar-refractivity contribution in [3.05, 3.63) is 51.3 Å². The molecule has 0 amide bonds. The van der Waals surface area contributed by atoms with Gasteiger partial charge in [-0.15, -0.1) is 0 Å². The summed E-state index contributed by atoms with van der Waals surface area (Å²) in [7, 11) is 0. The lowest BCUT2D eigenvalue weighted by molar-refractivity contribution is 0.156. The summed E-state index contributed by atoms with van der Waals surface area (Å²) >= 11 is 3.55. The van der Waals surface area contributed by atoms with Crippen molar-refractivity contribution in [3.8, 4) is 5.69 Å². The van der Waals surface area contributed by atoms with Gasteiger partial charge in [-0.25, -0.2) is 0 Å². The average Bonchev–Trinajstić information content (AvgIpc) is 2.70. The van der Waals surface area contributed by atoms with Crippen LogP contribution in [0.3, 0.4) is 0 Å². The van der Waals surface area contributed by atoms with Crippen molar-refractivity contribution in [3.63, 3.8) is 0 Å². The van der Waals surface area contributed by atoms with Gasteiger partial charge in [0.05, 0.1) is 6.10 Å². The molecule has 0 radical (unpaired) electrons. The summed E-state index contributed by atoms with van der Waals surface area (Å²) in [6.45, 7) is 4.25. The quantitative estimate of drug-likeness (QED) is 0.836. The molecule has 1 unspecified atom stereocenters. The summed E-state index contributed by atoms with van der Waals surface area (Å²) < 4.78 is 3.39. The molecule has 0 aliphatic heterocycles. The number of fused-ring (bicyclic) bond motifs is 1.